The number of thioether (sulfide) groups is 1. The van der Waals surface area contributed by atoms with E-state index in [2.05, 4.69) is 11.4 Å². The highest BCUT2D eigenvalue weighted by Gasteiger charge is 2.25. The van der Waals surface area contributed by atoms with Crippen LogP contribution >= 0.6 is 11.8 Å². The van der Waals surface area contributed by atoms with E-state index in [4.69, 9.17) is 0 Å². The van der Waals surface area contributed by atoms with Gasteiger partial charge in [-0.15, -0.1) is 11.8 Å². The summed E-state index contributed by atoms with van der Waals surface area (Å²) < 4.78 is 0. The van der Waals surface area contributed by atoms with Crippen molar-refractivity contribution in [3.63, 3.8) is 0 Å². The largest absolute Gasteiger partial charge is 0.508 e. The predicted molar refractivity (Wildman–Crippen MR) is 107 cm³/mol. The second-order valence-corrected chi connectivity index (χ2v) is 8.12. The summed E-state index contributed by atoms with van der Waals surface area (Å²) in [6, 6.07) is 12.6. The van der Waals surface area contributed by atoms with Crippen LogP contribution in [-0.2, 0) is 4.79 Å². The van der Waals surface area contributed by atoms with Crippen molar-refractivity contribution in [1.82, 2.24) is 4.90 Å². The number of nitrogens with one attached hydrogen (secondary N) is 1. The van der Waals surface area contributed by atoms with Gasteiger partial charge < -0.3 is 15.3 Å². The molecule has 0 saturated heterocycles. The Bertz CT molecular complexity index is 937. The lowest BCUT2D eigenvalue weighted by Gasteiger charge is -2.28. The topological polar surface area (TPSA) is 69.6 Å². The van der Waals surface area contributed by atoms with Gasteiger partial charge in [0.1, 0.15) is 5.75 Å². The molecule has 2 aliphatic heterocycles. The van der Waals surface area contributed by atoms with Crippen molar-refractivity contribution in [3.05, 3.63) is 59.7 Å². The van der Waals surface area contributed by atoms with Gasteiger partial charge in [-0.05, 0) is 54.8 Å². The lowest BCUT2D eigenvalue weighted by atomic mass is 9.99. The Kier molecular flexibility index (Phi) is 4.66. The maximum atomic E-state index is 12.9. The highest BCUT2D eigenvalue weighted by atomic mass is 32.2. The zero-order chi connectivity index (χ0) is 19.0. The molecule has 0 aromatic heterocycles. The van der Waals surface area contributed by atoms with E-state index in [9.17, 15) is 14.7 Å². The number of rotatable bonds is 2. The maximum absolute atomic E-state index is 12.9. The fraction of sp³-hybridized carbons (Fsp3) is 0.238. The summed E-state index contributed by atoms with van der Waals surface area (Å²) in [5, 5.41) is 12.2. The van der Waals surface area contributed by atoms with E-state index in [0.29, 0.717) is 24.3 Å². The van der Waals surface area contributed by atoms with Gasteiger partial charge in [-0.2, -0.15) is 0 Å². The second kappa shape index (κ2) is 7.12. The molecule has 5 nitrogen and oxygen atoms in total. The summed E-state index contributed by atoms with van der Waals surface area (Å²) in [5.41, 5.74) is 3.56. The predicted octanol–water partition coefficient (Wildman–Crippen LogP) is 3.75. The number of nitrogens with zero attached hydrogens (tertiary/aromatic N) is 1. The van der Waals surface area contributed by atoms with Crippen LogP contribution in [0.1, 0.15) is 29.3 Å². The Labute approximate surface area is 162 Å². The third-order valence-electron chi connectivity index (χ3n) is 4.89. The first-order valence-electron chi connectivity index (χ1n) is 8.90. The van der Waals surface area contributed by atoms with E-state index in [0.717, 1.165) is 16.9 Å². The molecule has 0 bridgehead atoms. The number of fused-ring (bicyclic) bond motifs is 1. The normalized spacial score (nSPS) is 19.1. The zero-order valence-electron chi connectivity index (χ0n) is 14.9. The van der Waals surface area contributed by atoms with Gasteiger partial charge in [0.15, 0.2) is 0 Å². The van der Waals surface area contributed by atoms with Gasteiger partial charge in [-0.1, -0.05) is 18.2 Å². The lowest BCUT2D eigenvalue weighted by molar-refractivity contribution is -0.115. The van der Waals surface area contributed by atoms with Crippen molar-refractivity contribution >= 4 is 34.8 Å². The molecule has 2 aromatic rings. The maximum Gasteiger partial charge on any atom is 0.254 e. The number of aromatic hydroxyl groups is 1. The van der Waals surface area contributed by atoms with E-state index in [1.165, 1.54) is 17.3 Å². The van der Waals surface area contributed by atoms with Gasteiger partial charge in [0, 0.05) is 23.5 Å². The second-order valence-electron chi connectivity index (χ2n) is 6.74. The first kappa shape index (κ1) is 17.7. The van der Waals surface area contributed by atoms with Crippen molar-refractivity contribution in [1.29, 1.82) is 0 Å². The standard InChI is InChI=1S/C21H20N2O3S/c1-13-20(25)22-18-12-16(4-7-19(18)27-13)21(26)23-10-8-15(9-11-23)14-2-5-17(24)6-3-14/h2-8,12-13,24H,9-11H2,1H3,(H,22,25)/t13-/m0/s1. The average molecular weight is 380 g/mol. The fourth-order valence-electron chi connectivity index (χ4n) is 3.32. The summed E-state index contributed by atoms with van der Waals surface area (Å²) in [7, 11) is 0. The zero-order valence-corrected chi connectivity index (χ0v) is 15.8. The van der Waals surface area contributed by atoms with E-state index in [-0.39, 0.29) is 22.8 Å². The minimum Gasteiger partial charge on any atom is -0.508 e. The molecule has 2 heterocycles. The van der Waals surface area contributed by atoms with Crippen LogP contribution in [0.15, 0.2) is 53.4 Å². The molecule has 0 fully saturated rings. The van der Waals surface area contributed by atoms with Crippen LogP contribution in [0.2, 0.25) is 0 Å². The van der Waals surface area contributed by atoms with Crippen molar-refractivity contribution in [2.45, 2.75) is 23.5 Å². The summed E-state index contributed by atoms with van der Waals surface area (Å²) >= 11 is 1.51. The van der Waals surface area contributed by atoms with Crippen LogP contribution in [0.4, 0.5) is 5.69 Å². The molecule has 0 unspecified atom stereocenters. The van der Waals surface area contributed by atoms with E-state index in [1.807, 2.05) is 36.1 Å². The molecule has 4 rings (SSSR count). The number of carbonyl (C=O) groups excluding carboxylic acids is 2. The molecule has 0 saturated carbocycles. The van der Waals surface area contributed by atoms with Gasteiger partial charge >= 0.3 is 0 Å². The molecule has 2 amide bonds. The van der Waals surface area contributed by atoms with Gasteiger partial charge in [0.05, 0.1) is 10.9 Å². The van der Waals surface area contributed by atoms with Crippen LogP contribution < -0.4 is 5.32 Å². The van der Waals surface area contributed by atoms with E-state index in [1.54, 1.807) is 18.2 Å². The van der Waals surface area contributed by atoms with Gasteiger partial charge in [-0.25, -0.2) is 0 Å². The van der Waals surface area contributed by atoms with Gasteiger partial charge in [0.2, 0.25) is 5.91 Å². The Balaban J connectivity index is 1.49. The van der Waals surface area contributed by atoms with E-state index < -0.39 is 0 Å². The molecule has 2 N–H and O–H groups in total. The Morgan fingerprint density at radius 3 is 2.70 bits per heavy atom. The Hall–Kier alpha value is -2.73. The number of amides is 2. The van der Waals surface area contributed by atoms with Crippen LogP contribution in [0.5, 0.6) is 5.75 Å². The minimum atomic E-state index is -0.121. The number of phenols is 1. The minimum absolute atomic E-state index is 0.0309. The molecule has 1 atom stereocenters. The number of hydrogen-bond acceptors (Lipinski definition) is 4. The molecule has 27 heavy (non-hydrogen) atoms. The van der Waals surface area contributed by atoms with Crippen molar-refractivity contribution < 1.29 is 14.7 Å². The fourth-order valence-corrected chi connectivity index (χ4v) is 4.25. The number of benzene rings is 2. The molecule has 0 radical (unpaired) electrons. The Morgan fingerprint density at radius 2 is 2.00 bits per heavy atom. The van der Waals surface area contributed by atoms with Crippen LogP contribution in [0, 0.1) is 0 Å². The number of phenolic OH excluding ortho intramolecular Hbond substituents is 1. The van der Waals surface area contributed by atoms with E-state index >= 15 is 0 Å². The summed E-state index contributed by atoms with van der Waals surface area (Å²) in [6.45, 7) is 3.05. The highest BCUT2D eigenvalue weighted by Crippen LogP contribution is 2.36. The summed E-state index contributed by atoms with van der Waals surface area (Å²) in [5.74, 6) is 0.187. The molecule has 138 valence electrons. The molecule has 2 aliphatic rings. The first-order chi connectivity index (χ1) is 13.0. The van der Waals surface area contributed by atoms with Crippen molar-refractivity contribution in [2.24, 2.45) is 0 Å². The van der Waals surface area contributed by atoms with Crippen molar-refractivity contribution in [2.75, 3.05) is 18.4 Å². The van der Waals surface area contributed by atoms with Crippen LogP contribution in [-0.4, -0.2) is 40.2 Å². The molecule has 2 aromatic carbocycles. The first-order valence-corrected chi connectivity index (χ1v) is 9.78. The number of hydrogen-bond donors (Lipinski definition) is 2. The Morgan fingerprint density at radius 1 is 1.22 bits per heavy atom. The molecular formula is C21H20N2O3S. The summed E-state index contributed by atoms with van der Waals surface area (Å²) in [6.07, 6.45) is 2.83. The number of carbonyl (C=O) groups is 2. The molecule has 0 spiro atoms. The molecule has 0 aliphatic carbocycles. The quantitative estimate of drug-likeness (QED) is 0.832. The third-order valence-corrected chi connectivity index (χ3v) is 6.07. The number of anilines is 1. The average Bonchev–Trinajstić information content (AvgIpc) is 2.69. The van der Waals surface area contributed by atoms with Crippen LogP contribution in [0.25, 0.3) is 5.57 Å². The third kappa shape index (κ3) is 3.57. The van der Waals surface area contributed by atoms with Gasteiger partial charge in [-0.3, -0.25) is 9.59 Å². The molecule has 6 heteroatoms. The summed E-state index contributed by atoms with van der Waals surface area (Å²) in [4.78, 5) is 27.5. The lowest BCUT2D eigenvalue weighted by Crippen LogP contribution is -2.35. The monoisotopic (exact) mass is 380 g/mol. The van der Waals surface area contributed by atoms with Crippen LogP contribution in [0.3, 0.4) is 0 Å². The van der Waals surface area contributed by atoms with Crippen molar-refractivity contribution in [3.8, 4) is 5.75 Å². The SMILES string of the molecule is C[C@@H]1Sc2ccc(C(=O)N3CC=C(c4ccc(O)cc4)CC3)cc2NC1=O. The van der Waals surface area contributed by atoms with Gasteiger partial charge in [0.25, 0.3) is 5.91 Å². The molecular weight excluding hydrogens is 360 g/mol. The highest BCUT2D eigenvalue weighted by molar-refractivity contribution is 8.00. The smallest absolute Gasteiger partial charge is 0.254 e.